The van der Waals surface area contributed by atoms with E-state index >= 15 is 0 Å². The van der Waals surface area contributed by atoms with E-state index < -0.39 is 5.54 Å². The van der Waals surface area contributed by atoms with Crippen LogP contribution in [0.3, 0.4) is 0 Å². The molecule has 0 bridgehead atoms. The lowest BCUT2D eigenvalue weighted by atomic mass is 9.85. The van der Waals surface area contributed by atoms with Crippen molar-refractivity contribution in [3.05, 3.63) is 5.53 Å². The van der Waals surface area contributed by atoms with E-state index in [1.807, 2.05) is 20.8 Å². The largest absolute Gasteiger partial charge is 0.483 e. The standard InChI is InChI=1S/C16H26N4O3/c1-6-8-16(9-7-12(21)10-18-17)15(23-5)19-13(11(2)3)14(20-16)22-4/h10-11,13H,6-9H2,1-5H3/t13-,16+/m1/s1. The monoisotopic (exact) mass is 322 g/mol. The molecular formula is C16H26N4O3. The summed E-state index contributed by atoms with van der Waals surface area (Å²) in [5.41, 5.74) is 7.76. The van der Waals surface area contributed by atoms with Crippen molar-refractivity contribution in [3.63, 3.8) is 0 Å². The van der Waals surface area contributed by atoms with Gasteiger partial charge in [0.15, 0.2) is 0 Å². The molecule has 1 rings (SSSR count). The summed E-state index contributed by atoms with van der Waals surface area (Å²) in [6, 6.07) is -0.186. The van der Waals surface area contributed by atoms with E-state index in [-0.39, 0.29) is 24.2 Å². The zero-order valence-electron chi connectivity index (χ0n) is 14.6. The zero-order chi connectivity index (χ0) is 17.5. The van der Waals surface area contributed by atoms with Gasteiger partial charge in [-0.15, -0.1) is 0 Å². The first-order valence-corrected chi connectivity index (χ1v) is 7.90. The summed E-state index contributed by atoms with van der Waals surface area (Å²) in [4.78, 5) is 23.9. The van der Waals surface area contributed by atoms with Crippen LogP contribution in [0, 0.1) is 5.92 Å². The summed E-state index contributed by atoms with van der Waals surface area (Å²) in [6.45, 7) is 6.14. The SMILES string of the molecule is CCC[C@@]1(CCC(=O)C=[N+]=[N-])N=C(OC)[C@@H](C(C)C)N=C1OC. The third-order valence-corrected chi connectivity index (χ3v) is 3.92. The van der Waals surface area contributed by atoms with Gasteiger partial charge in [0.05, 0.1) is 14.2 Å². The van der Waals surface area contributed by atoms with Crippen molar-refractivity contribution in [2.75, 3.05) is 14.2 Å². The third-order valence-electron chi connectivity index (χ3n) is 3.92. The van der Waals surface area contributed by atoms with Crippen molar-refractivity contribution < 1.29 is 19.1 Å². The minimum atomic E-state index is -0.709. The quantitative estimate of drug-likeness (QED) is 0.408. The second-order valence-corrected chi connectivity index (χ2v) is 5.97. The van der Waals surface area contributed by atoms with Crippen LogP contribution >= 0.6 is 0 Å². The molecule has 0 aromatic heterocycles. The Hall–Kier alpha value is -2.01. The summed E-state index contributed by atoms with van der Waals surface area (Å²) in [6.07, 6.45) is 3.08. The van der Waals surface area contributed by atoms with Gasteiger partial charge in [-0.3, -0.25) is 4.79 Å². The normalized spacial score (nSPS) is 23.7. The Morgan fingerprint density at radius 3 is 2.57 bits per heavy atom. The molecule has 0 spiro atoms. The molecule has 0 aliphatic carbocycles. The minimum absolute atomic E-state index is 0.186. The Morgan fingerprint density at radius 2 is 2.09 bits per heavy atom. The number of hydrogen-bond acceptors (Lipinski definition) is 5. The Morgan fingerprint density at radius 1 is 1.39 bits per heavy atom. The van der Waals surface area contributed by atoms with Gasteiger partial charge in [0, 0.05) is 6.42 Å². The predicted octanol–water partition coefficient (Wildman–Crippen LogP) is 2.30. The van der Waals surface area contributed by atoms with E-state index in [4.69, 9.17) is 25.0 Å². The summed E-state index contributed by atoms with van der Waals surface area (Å²) in [5, 5.41) is 0. The second-order valence-electron chi connectivity index (χ2n) is 5.97. The maximum atomic E-state index is 11.7. The van der Waals surface area contributed by atoms with Crippen molar-refractivity contribution in [1.82, 2.24) is 0 Å². The number of carbonyl (C=O) groups excluding carboxylic acids is 1. The van der Waals surface area contributed by atoms with Crippen LogP contribution in [0.25, 0.3) is 5.53 Å². The highest BCUT2D eigenvalue weighted by molar-refractivity contribution is 6.25. The van der Waals surface area contributed by atoms with Crippen LogP contribution in [0.4, 0.5) is 0 Å². The Labute approximate surface area is 137 Å². The van der Waals surface area contributed by atoms with E-state index in [1.165, 1.54) is 0 Å². The lowest BCUT2D eigenvalue weighted by molar-refractivity contribution is -0.116. The molecule has 1 heterocycles. The number of nitrogens with zero attached hydrogens (tertiary/aromatic N) is 4. The maximum Gasteiger partial charge on any atom is 0.323 e. The molecule has 0 amide bonds. The average Bonchev–Trinajstić information content (AvgIpc) is 2.52. The summed E-state index contributed by atoms with van der Waals surface area (Å²) in [7, 11) is 3.16. The fourth-order valence-electron chi connectivity index (χ4n) is 2.79. The molecule has 1 aliphatic heterocycles. The molecule has 128 valence electrons. The van der Waals surface area contributed by atoms with Crippen molar-refractivity contribution >= 4 is 23.8 Å². The highest BCUT2D eigenvalue weighted by atomic mass is 16.5. The molecule has 0 fully saturated rings. The van der Waals surface area contributed by atoms with Crippen LogP contribution in [0.2, 0.25) is 0 Å². The molecule has 7 nitrogen and oxygen atoms in total. The number of methoxy groups -OCH3 is 2. The maximum absolute atomic E-state index is 11.7. The molecule has 1 aliphatic rings. The van der Waals surface area contributed by atoms with Crippen LogP contribution < -0.4 is 0 Å². The molecule has 0 aromatic carbocycles. The molecule has 23 heavy (non-hydrogen) atoms. The molecular weight excluding hydrogens is 296 g/mol. The first-order chi connectivity index (χ1) is 10.9. The number of carbonyl (C=O) groups is 1. The average molecular weight is 322 g/mol. The van der Waals surface area contributed by atoms with Gasteiger partial charge in [-0.1, -0.05) is 27.2 Å². The molecule has 2 atom stereocenters. The van der Waals surface area contributed by atoms with Crippen LogP contribution in [0.1, 0.15) is 46.5 Å². The van der Waals surface area contributed by atoms with Crippen molar-refractivity contribution in [2.45, 2.75) is 58.0 Å². The number of ether oxygens (including phenoxy) is 2. The van der Waals surface area contributed by atoms with E-state index in [1.54, 1.807) is 14.2 Å². The lowest BCUT2D eigenvalue weighted by Crippen LogP contribution is -2.46. The van der Waals surface area contributed by atoms with Gasteiger partial charge in [-0.05, 0) is 18.8 Å². The summed E-state index contributed by atoms with van der Waals surface area (Å²) >= 11 is 0. The molecule has 0 aromatic rings. The first kappa shape index (κ1) is 19.0. The minimum Gasteiger partial charge on any atom is -0.483 e. The van der Waals surface area contributed by atoms with E-state index in [9.17, 15) is 4.79 Å². The number of aliphatic imine (C=N–C) groups is 2. The van der Waals surface area contributed by atoms with Gasteiger partial charge in [0.25, 0.3) is 0 Å². The van der Waals surface area contributed by atoms with E-state index in [0.717, 1.165) is 12.6 Å². The molecule has 0 saturated heterocycles. The number of Topliss-reactive ketones (excluding diaryl/α,β-unsaturated/α-hetero) is 1. The number of hydrogen-bond donors (Lipinski definition) is 0. The van der Waals surface area contributed by atoms with Crippen LogP contribution in [0.5, 0.6) is 0 Å². The summed E-state index contributed by atoms with van der Waals surface area (Å²) in [5.74, 6) is 1.06. The fraction of sp³-hybridized carbons (Fsp3) is 0.750. The zero-order valence-corrected chi connectivity index (χ0v) is 14.6. The van der Waals surface area contributed by atoms with Crippen molar-refractivity contribution in [1.29, 1.82) is 0 Å². The fourth-order valence-corrected chi connectivity index (χ4v) is 2.79. The number of ketones is 1. The highest BCUT2D eigenvalue weighted by Gasteiger charge is 2.43. The molecule has 0 N–H and O–H groups in total. The van der Waals surface area contributed by atoms with Gasteiger partial charge in [-0.25, -0.2) is 9.98 Å². The van der Waals surface area contributed by atoms with Crippen LogP contribution in [0.15, 0.2) is 9.98 Å². The van der Waals surface area contributed by atoms with Gasteiger partial charge in [0.2, 0.25) is 17.6 Å². The third kappa shape index (κ3) is 4.48. The second kappa shape index (κ2) is 8.58. The van der Waals surface area contributed by atoms with Crippen LogP contribution in [-0.2, 0) is 14.3 Å². The lowest BCUT2D eigenvalue weighted by Gasteiger charge is -2.36. The molecule has 0 saturated carbocycles. The smallest absolute Gasteiger partial charge is 0.323 e. The predicted molar refractivity (Wildman–Crippen MR) is 89.1 cm³/mol. The topological polar surface area (TPSA) is 96.7 Å². The Balaban J connectivity index is 3.20. The van der Waals surface area contributed by atoms with Gasteiger partial charge < -0.3 is 15.0 Å². The number of rotatable bonds is 7. The molecule has 0 radical (unpaired) electrons. The molecule has 0 unspecified atom stereocenters. The van der Waals surface area contributed by atoms with Crippen molar-refractivity contribution in [2.24, 2.45) is 15.9 Å². The van der Waals surface area contributed by atoms with Gasteiger partial charge in [0.1, 0.15) is 11.6 Å². The van der Waals surface area contributed by atoms with E-state index in [2.05, 4.69) is 4.79 Å². The Bertz CT molecular complexity index is 535. The molecule has 7 heteroatoms. The van der Waals surface area contributed by atoms with Crippen molar-refractivity contribution in [3.8, 4) is 0 Å². The highest BCUT2D eigenvalue weighted by Crippen LogP contribution is 2.32. The first-order valence-electron chi connectivity index (χ1n) is 7.90. The van der Waals surface area contributed by atoms with Gasteiger partial charge >= 0.3 is 6.21 Å². The van der Waals surface area contributed by atoms with E-state index in [0.29, 0.717) is 24.6 Å². The van der Waals surface area contributed by atoms with Gasteiger partial charge in [-0.2, -0.15) is 4.79 Å². The summed E-state index contributed by atoms with van der Waals surface area (Å²) < 4.78 is 11.0. The van der Waals surface area contributed by atoms with Crippen LogP contribution in [-0.4, -0.2) is 54.4 Å². The Kier molecular flexibility index (Phi) is 7.10.